The average Bonchev–Trinajstić information content (AvgIpc) is 2.33. The highest BCUT2D eigenvalue weighted by molar-refractivity contribution is 7.06. The summed E-state index contributed by atoms with van der Waals surface area (Å²) >= 11 is 1.62. The summed E-state index contributed by atoms with van der Waals surface area (Å²) in [7, 11) is 0. The Hall–Kier alpha value is -0.630. The molecule has 0 saturated carbocycles. The molecule has 2 rings (SSSR count). The van der Waals surface area contributed by atoms with E-state index in [1.54, 1.807) is 11.5 Å². The first-order valence-electron chi connectivity index (χ1n) is 3.07. The lowest BCUT2D eigenvalue weighted by molar-refractivity contribution is 1.01. The lowest BCUT2D eigenvalue weighted by Crippen LogP contribution is -1.85. The Morgan fingerprint density at radius 2 is 2.56 bits per heavy atom. The van der Waals surface area contributed by atoms with Crippen molar-refractivity contribution in [2.45, 2.75) is 12.8 Å². The molecule has 1 aliphatic rings. The Morgan fingerprint density at radius 1 is 1.56 bits per heavy atom. The van der Waals surface area contributed by atoms with Crippen LogP contribution in [0.4, 0.5) is 0 Å². The van der Waals surface area contributed by atoms with Gasteiger partial charge in [0.25, 0.3) is 0 Å². The van der Waals surface area contributed by atoms with Crippen LogP contribution in [0.1, 0.15) is 16.9 Å². The van der Waals surface area contributed by atoms with Crippen LogP contribution in [-0.2, 0) is 6.42 Å². The molecule has 0 spiro atoms. The maximum absolute atomic E-state index is 4.09. The van der Waals surface area contributed by atoms with Crippen molar-refractivity contribution in [2.75, 3.05) is 0 Å². The molecular weight excluding hydrogens is 130 g/mol. The normalized spacial score (nSPS) is 15.6. The zero-order chi connectivity index (χ0) is 6.10. The SMILES string of the molecule is C1=Cc2cnsc2CC1. The Kier molecular flexibility index (Phi) is 1.12. The smallest absolute Gasteiger partial charge is 0.0482 e. The van der Waals surface area contributed by atoms with Gasteiger partial charge in [-0.2, -0.15) is 0 Å². The third kappa shape index (κ3) is 0.793. The third-order valence-corrected chi connectivity index (χ3v) is 2.38. The Morgan fingerprint density at radius 3 is 3.44 bits per heavy atom. The van der Waals surface area contributed by atoms with E-state index in [1.807, 2.05) is 6.20 Å². The van der Waals surface area contributed by atoms with Gasteiger partial charge in [-0.15, -0.1) is 0 Å². The fraction of sp³-hybridized carbons (Fsp3) is 0.286. The van der Waals surface area contributed by atoms with Crippen molar-refractivity contribution in [3.05, 3.63) is 22.7 Å². The quantitative estimate of drug-likeness (QED) is 0.533. The van der Waals surface area contributed by atoms with E-state index >= 15 is 0 Å². The topological polar surface area (TPSA) is 12.9 Å². The van der Waals surface area contributed by atoms with Crippen molar-refractivity contribution < 1.29 is 0 Å². The van der Waals surface area contributed by atoms with Gasteiger partial charge in [0, 0.05) is 16.6 Å². The van der Waals surface area contributed by atoms with E-state index in [4.69, 9.17) is 0 Å². The molecular formula is C7H7NS. The first kappa shape index (κ1) is 5.18. The van der Waals surface area contributed by atoms with E-state index in [0.29, 0.717) is 0 Å². The predicted molar refractivity (Wildman–Crippen MR) is 39.5 cm³/mol. The molecule has 0 atom stereocenters. The van der Waals surface area contributed by atoms with Crippen molar-refractivity contribution in [3.8, 4) is 0 Å². The van der Waals surface area contributed by atoms with E-state index in [2.05, 4.69) is 16.5 Å². The standard InChI is InChI=1S/C7H7NS/c1-2-4-7-6(3-1)5-8-9-7/h1,3,5H,2,4H2. The van der Waals surface area contributed by atoms with Crippen LogP contribution in [0, 0.1) is 0 Å². The summed E-state index contributed by atoms with van der Waals surface area (Å²) in [6, 6.07) is 0. The van der Waals surface area contributed by atoms with Crippen LogP contribution < -0.4 is 0 Å². The van der Waals surface area contributed by atoms with Gasteiger partial charge in [0.1, 0.15) is 0 Å². The maximum Gasteiger partial charge on any atom is 0.0482 e. The van der Waals surface area contributed by atoms with Crippen LogP contribution in [0.15, 0.2) is 12.3 Å². The molecule has 1 nitrogen and oxygen atoms in total. The zero-order valence-electron chi connectivity index (χ0n) is 5.00. The summed E-state index contributed by atoms with van der Waals surface area (Å²) < 4.78 is 4.09. The lowest BCUT2D eigenvalue weighted by atomic mass is 10.1. The molecule has 9 heavy (non-hydrogen) atoms. The van der Waals surface area contributed by atoms with E-state index in [0.717, 1.165) is 0 Å². The van der Waals surface area contributed by atoms with Crippen LogP contribution >= 0.6 is 11.5 Å². The van der Waals surface area contributed by atoms with Crippen LogP contribution in [-0.4, -0.2) is 4.37 Å². The molecule has 1 aromatic heterocycles. The molecule has 0 radical (unpaired) electrons. The number of aromatic nitrogens is 1. The van der Waals surface area contributed by atoms with Crippen molar-refractivity contribution >= 4 is 17.6 Å². The first-order valence-corrected chi connectivity index (χ1v) is 3.84. The average molecular weight is 137 g/mol. The minimum Gasteiger partial charge on any atom is -0.200 e. The van der Waals surface area contributed by atoms with Gasteiger partial charge in [-0.3, -0.25) is 0 Å². The molecule has 1 heterocycles. The lowest BCUT2D eigenvalue weighted by Gasteiger charge is -1.99. The van der Waals surface area contributed by atoms with Gasteiger partial charge < -0.3 is 0 Å². The number of allylic oxidation sites excluding steroid dienone is 1. The summed E-state index contributed by atoms with van der Waals surface area (Å²) in [5, 5.41) is 0. The number of fused-ring (bicyclic) bond motifs is 1. The molecule has 0 fully saturated rings. The molecule has 0 unspecified atom stereocenters. The minimum absolute atomic E-state index is 1.19. The zero-order valence-corrected chi connectivity index (χ0v) is 5.82. The van der Waals surface area contributed by atoms with Gasteiger partial charge in [0.2, 0.25) is 0 Å². The number of hydrogen-bond acceptors (Lipinski definition) is 2. The van der Waals surface area contributed by atoms with Gasteiger partial charge in [0.15, 0.2) is 0 Å². The Balaban J connectivity index is 2.53. The summed E-state index contributed by atoms with van der Waals surface area (Å²) in [4.78, 5) is 1.44. The predicted octanol–water partition coefficient (Wildman–Crippen LogP) is 2.10. The van der Waals surface area contributed by atoms with Gasteiger partial charge in [-0.05, 0) is 24.4 Å². The van der Waals surface area contributed by atoms with Crippen LogP contribution in [0.25, 0.3) is 6.08 Å². The molecule has 0 N–H and O–H groups in total. The second-order valence-corrected chi connectivity index (χ2v) is 3.03. The molecule has 0 bridgehead atoms. The highest BCUT2D eigenvalue weighted by Crippen LogP contribution is 2.21. The fourth-order valence-electron chi connectivity index (χ4n) is 1.02. The molecule has 46 valence electrons. The molecule has 0 saturated heterocycles. The number of aryl methyl sites for hydroxylation is 1. The molecule has 2 heteroatoms. The van der Waals surface area contributed by atoms with E-state index in [-0.39, 0.29) is 0 Å². The van der Waals surface area contributed by atoms with Gasteiger partial charge in [-0.25, -0.2) is 4.37 Å². The summed E-state index contributed by atoms with van der Waals surface area (Å²) in [6.07, 6.45) is 8.68. The third-order valence-electron chi connectivity index (χ3n) is 1.51. The summed E-state index contributed by atoms with van der Waals surface area (Å²) in [5.74, 6) is 0. The van der Waals surface area contributed by atoms with Gasteiger partial charge >= 0.3 is 0 Å². The molecule has 0 amide bonds. The summed E-state index contributed by atoms with van der Waals surface area (Å²) in [5.41, 5.74) is 1.33. The first-order chi connectivity index (χ1) is 4.47. The molecule has 1 aromatic rings. The number of hydrogen-bond donors (Lipinski definition) is 0. The van der Waals surface area contributed by atoms with Gasteiger partial charge in [-0.1, -0.05) is 12.2 Å². The molecule has 0 aromatic carbocycles. The van der Waals surface area contributed by atoms with Crippen LogP contribution in [0.3, 0.4) is 0 Å². The Labute approximate surface area is 58.2 Å². The van der Waals surface area contributed by atoms with Crippen molar-refractivity contribution in [3.63, 3.8) is 0 Å². The van der Waals surface area contributed by atoms with Crippen molar-refractivity contribution in [1.29, 1.82) is 0 Å². The Bertz CT molecular complexity index is 237. The largest absolute Gasteiger partial charge is 0.200 e. The second kappa shape index (κ2) is 1.95. The van der Waals surface area contributed by atoms with E-state index in [9.17, 15) is 0 Å². The van der Waals surface area contributed by atoms with Gasteiger partial charge in [0.05, 0.1) is 0 Å². The minimum atomic E-state index is 1.19. The fourth-order valence-corrected chi connectivity index (χ4v) is 1.75. The van der Waals surface area contributed by atoms with E-state index in [1.165, 1.54) is 23.3 Å². The van der Waals surface area contributed by atoms with E-state index < -0.39 is 0 Å². The monoisotopic (exact) mass is 137 g/mol. The maximum atomic E-state index is 4.09. The van der Waals surface area contributed by atoms with Crippen LogP contribution in [0.2, 0.25) is 0 Å². The number of rotatable bonds is 0. The van der Waals surface area contributed by atoms with Crippen molar-refractivity contribution in [1.82, 2.24) is 4.37 Å². The second-order valence-electron chi connectivity index (χ2n) is 2.15. The van der Waals surface area contributed by atoms with Crippen molar-refractivity contribution in [2.24, 2.45) is 0 Å². The summed E-state index contributed by atoms with van der Waals surface area (Å²) in [6.45, 7) is 0. The molecule has 1 aliphatic carbocycles. The highest BCUT2D eigenvalue weighted by Gasteiger charge is 2.04. The van der Waals surface area contributed by atoms with Crippen LogP contribution in [0.5, 0.6) is 0 Å². The molecule has 0 aliphatic heterocycles. The number of nitrogens with zero attached hydrogens (tertiary/aromatic N) is 1. The highest BCUT2D eigenvalue weighted by atomic mass is 32.1.